The number of rotatable bonds is 0. The monoisotopic (exact) mass is 1040 g/mol. The van der Waals surface area contributed by atoms with Gasteiger partial charge in [-0.15, -0.1) is 0 Å². The number of aromatic nitrogens is 2. The SMILES string of the molecule is C.C.O.O=CO.OCO.[Cl][Mn][Cl].[Mn].c1cc2nc(c1)CNC1CCCC[C@H]1NCCN[C@@H]1CCCCC1NC2.c1cc2nc(c1)CNC1CCCC[C@H]1NCCN[C@@H]1CCCCC1NC2. The number of aliphatic hydroxyl groups excluding tert-OH is 1. The summed E-state index contributed by atoms with van der Waals surface area (Å²) < 4.78 is 0. The van der Waals surface area contributed by atoms with Gasteiger partial charge in [0.25, 0.3) is 6.47 Å². The second-order valence-electron chi connectivity index (χ2n) is 16.9. The molecule has 4 aliphatic carbocycles. The molecule has 2 aliphatic heterocycles. The van der Waals surface area contributed by atoms with Crippen LogP contribution in [0.4, 0.5) is 0 Å². The molecule has 2 aromatic heterocycles. The minimum Gasteiger partial charge on any atom is -0.311 e. The number of pyridine rings is 2. The average Bonchev–Trinajstić information content (AvgIpc) is 3.29. The van der Waals surface area contributed by atoms with Crippen LogP contribution in [0.25, 0.3) is 0 Å². The van der Waals surface area contributed by atoms with E-state index in [1.165, 1.54) is 126 Å². The summed E-state index contributed by atoms with van der Waals surface area (Å²) in [4.78, 5) is 18.1. The van der Waals surface area contributed by atoms with Gasteiger partial charge in [-0.2, -0.15) is 0 Å². The first kappa shape index (κ1) is 63.9. The van der Waals surface area contributed by atoms with Crippen molar-refractivity contribution in [2.75, 3.05) is 33.0 Å². The molecule has 0 spiro atoms. The molecule has 378 valence electrons. The third-order valence-corrected chi connectivity index (χ3v) is 12.9. The smallest absolute Gasteiger partial charge is 0.0545 e. The predicted molar refractivity (Wildman–Crippen MR) is 259 cm³/mol. The minimum absolute atomic E-state index is 0. The molecular weight excluding hydrogens is 953 g/mol. The summed E-state index contributed by atoms with van der Waals surface area (Å²) in [6, 6.07) is 17.6. The van der Waals surface area contributed by atoms with E-state index in [0.717, 1.165) is 52.4 Å². The summed E-state index contributed by atoms with van der Waals surface area (Å²) in [7, 11) is 9.59. The molecule has 8 rings (SSSR count). The molecule has 4 unspecified atom stereocenters. The largest absolute Gasteiger partial charge is 0.311 e. The summed E-state index contributed by atoms with van der Waals surface area (Å²) in [5.74, 6) is 0. The van der Waals surface area contributed by atoms with Gasteiger partial charge in [0.1, 0.15) is 6.79 Å². The van der Waals surface area contributed by atoms with Crippen LogP contribution in [-0.4, -0.2) is 119 Å². The summed E-state index contributed by atoms with van der Waals surface area (Å²) in [5, 5.41) is 51.6. The van der Waals surface area contributed by atoms with E-state index in [1.54, 1.807) is 0 Å². The Hall–Kier alpha value is -1.05. The molecule has 0 aromatic carbocycles. The standard InChI is InChI=1S/2C21H35N5.CH4O2.CH2O2.2CH4.2ClH.2Mn.H2O/c2*1-3-10-20-18(8-1)22-12-13-23-19-9-2-4-11-21(19)25-15-17-7-5-6-16(26-17)14-24-20;2*2-1-3;;;;;;;/h2*5-7,18-25H,1-4,8-15H2;2-3H,1H2;1H,(H,2,3);2*1H4;2*1H;;;1H2/q;;;;;;;;;+2;/p-2/t2*18-,19-,20?,21?;;;;;;;;;/m11........./s1. The molecule has 4 saturated carbocycles. The molecule has 1 radical (unpaired) electrons. The van der Waals surface area contributed by atoms with E-state index in [0.29, 0.717) is 48.3 Å². The van der Waals surface area contributed by atoms with Crippen LogP contribution < -0.4 is 42.5 Å². The van der Waals surface area contributed by atoms with E-state index in [1.807, 2.05) is 0 Å². The quantitative estimate of drug-likeness (QED) is 0.0985. The van der Waals surface area contributed by atoms with Crippen molar-refractivity contribution in [3.05, 3.63) is 59.2 Å². The maximum atomic E-state index is 8.36. The van der Waals surface area contributed by atoms with Crippen molar-refractivity contribution < 1.29 is 55.8 Å². The van der Waals surface area contributed by atoms with Gasteiger partial charge in [-0.05, 0) is 75.6 Å². The Balaban J connectivity index is 0.00000101. The zero-order valence-corrected chi connectivity index (χ0v) is 40.9. The molecule has 2 aromatic rings. The Morgan fingerprint density at radius 2 is 0.662 bits per heavy atom. The number of nitrogens with one attached hydrogen (secondary N) is 8. The molecule has 65 heavy (non-hydrogen) atoms. The third kappa shape index (κ3) is 24.9. The first-order chi connectivity index (χ1) is 30.0. The Kier molecular flexibility index (Phi) is 39.1. The molecule has 0 saturated heterocycles. The second kappa shape index (κ2) is 39.8. The maximum absolute atomic E-state index is 8.36. The number of hydrogen-bond donors (Lipinski definition) is 11. The molecule has 13 N–H and O–H groups in total. The zero-order chi connectivity index (χ0) is 43.3. The van der Waals surface area contributed by atoms with Crippen LogP contribution in [0.2, 0.25) is 0 Å². The number of hydrogen-bond acceptors (Lipinski definition) is 13. The fourth-order valence-electron chi connectivity index (χ4n) is 9.90. The number of carboxylic acid groups (broad SMARTS) is 1. The number of halogens is 2. The van der Waals surface area contributed by atoms with E-state index in [-0.39, 0.29) is 57.0 Å². The van der Waals surface area contributed by atoms with Crippen LogP contribution in [0.15, 0.2) is 36.4 Å². The van der Waals surface area contributed by atoms with Crippen molar-refractivity contribution in [1.82, 2.24) is 52.5 Å². The number of nitrogens with zero attached hydrogens (tertiary/aromatic N) is 2. The molecule has 4 bridgehead atoms. The minimum atomic E-state index is -0.750. The molecule has 4 fully saturated rings. The molecular formula is C46H86Cl2Mn2N10O5. The summed E-state index contributed by atoms with van der Waals surface area (Å²) in [6.45, 7) is 6.77. The van der Waals surface area contributed by atoms with Gasteiger partial charge in [0.15, 0.2) is 0 Å². The molecule has 6 aliphatic rings. The van der Waals surface area contributed by atoms with Crippen molar-refractivity contribution in [3.63, 3.8) is 0 Å². The van der Waals surface area contributed by atoms with Crippen LogP contribution in [-0.2, 0) is 61.2 Å². The van der Waals surface area contributed by atoms with E-state index < -0.39 is 6.79 Å². The van der Waals surface area contributed by atoms with Crippen LogP contribution in [0, 0.1) is 0 Å². The Morgan fingerprint density at radius 1 is 0.492 bits per heavy atom. The van der Waals surface area contributed by atoms with Crippen molar-refractivity contribution in [2.24, 2.45) is 0 Å². The molecule has 0 amide bonds. The van der Waals surface area contributed by atoms with Crippen molar-refractivity contribution in [2.45, 2.75) is 192 Å². The van der Waals surface area contributed by atoms with Crippen LogP contribution in [0.3, 0.4) is 0 Å². The second-order valence-corrected chi connectivity index (χ2v) is 18.8. The summed E-state index contributed by atoms with van der Waals surface area (Å²) in [5.41, 5.74) is 4.67. The van der Waals surface area contributed by atoms with Crippen LogP contribution in [0.1, 0.15) is 140 Å². The van der Waals surface area contributed by atoms with Crippen molar-refractivity contribution in [3.8, 4) is 0 Å². The normalized spacial score (nSPS) is 27.9. The Morgan fingerprint density at radius 3 is 0.846 bits per heavy atom. The van der Waals surface area contributed by atoms with Gasteiger partial charge in [0.05, 0.1) is 22.8 Å². The predicted octanol–water partition coefficient (Wildman–Crippen LogP) is 4.60. The molecule has 8 atom stereocenters. The van der Waals surface area contributed by atoms with Crippen LogP contribution >= 0.6 is 20.2 Å². The number of fused-ring (bicyclic) bond motifs is 8. The fraction of sp³-hybridized carbons (Fsp3) is 0.761. The van der Waals surface area contributed by atoms with Gasteiger partial charge in [0, 0.05) is 118 Å². The third-order valence-electron chi connectivity index (χ3n) is 12.9. The average molecular weight is 1040 g/mol. The molecule has 4 heterocycles. The maximum Gasteiger partial charge on any atom is 0.0545 e. The number of carbonyl (C=O) groups is 1. The molecule has 15 nitrogen and oxygen atoms in total. The van der Waals surface area contributed by atoms with Gasteiger partial charge in [-0.1, -0.05) is 78.4 Å². The zero-order valence-electron chi connectivity index (χ0n) is 37.0. The van der Waals surface area contributed by atoms with Gasteiger partial charge >= 0.3 is 33.3 Å². The summed E-state index contributed by atoms with van der Waals surface area (Å²) >= 11 is 0.00694. The summed E-state index contributed by atoms with van der Waals surface area (Å²) in [6.07, 6.45) is 21.0. The van der Waals surface area contributed by atoms with Gasteiger partial charge in [-0.3, -0.25) is 14.8 Å². The first-order valence-corrected chi connectivity index (χ1v) is 26.2. The molecule has 19 heteroatoms. The van der Waals surface area contributed by atoms with E-state index >= 15 is 0 Å². The topological polar surface area (TPSA) is 231 Å². The van der Waals surface area contributed by atoms with Gasteiger partial charge in [0.2, 0.25) is 0 Å². The van der Waals surface area contributed by atoms with E-state index in [9.17, 15) is 0 Å². The fourth-order valence-corrected chi connectivity index (χ4v) is 9.90. The Labute approximate surface area is 416 Å². The van der Waals surface area contributed by atoms with E-state index in [2.05, 4.69) is 78.9 Å². The first-order valence-electron chi connectivity index (χ1n) is 22.9. The van der Waals surface area contributed by atoms with Gasteiger partial charge < -0.3 is 63.3 Å². The van der Waals surface area contributed by atoms with Crippen LogP contribution in [0.5, 0.6) is 0 Å². The van der Waals surface area contributed by atoms with Crippen molar-refractivity contribution in [1.29, 1.82) is 0 Å². The Bertz CT molecular complexity index is 1260. The van der Waals surface area contributed by atoms with Gasteiger partial charge in [-0.25, -0.2) is 0 Å². The number of aliphatic hydroxyl groups is 2. The van der Waals surface area contributed by atoms with Crippen molar-refractivity contribution >= 4 is 26.7 Å². The van der Waals surface area contributed by atoms with E-state index in [4.69, 9.17) is 50.3 Å².